The molecule has 23 heavy (non-hydrogen) atoms. The van der Waals surface area contributed by atoms with E-state index >= 15 is 0 Å². The van der Waals surface area contributed by atoms with Gasteiger partial charge in [-0.05, 0) is 57.4 Å². The fraction of sp³-hybridized carbons (Fsp3) is 0.833. The SMILES string of the molecule is CCC1OC(=O)C(C)C(O)C(C)CCC/C(C)=C(/O)CCC1O. The molecule has 5 heteroatoms. The largest absolute Gasteiger partial charge is 0.512 e. The van der Waals surface area contributed by atoms with Gasteiger partial charge < -0.3 is 20.1 Å². The van der Waals surface area contributed by atoms with Crippen LogP contribution in [0.4, 0.5) is 0 Å². The van der Waals surface area contributed by atoms with Gasteiger partial charge in [-0.15, -0.1) is 0 Å². The minimum absolute atomic E-state index is 0.0274. The summed E-state index contributed by atoms with van der Waals surface area (Å²) in [6, 6.07) is 0. The topological polar surface area (TPSA) is 87.0 Å². The Kier molecular flexibility index (Phi) is 8.06. The van der Waals surface area contributed by atoms with E-state index in [1.807, 2.05) is 20.8 Å². The number of aliphatic hydroxyl groups excluding tert-OH is 3. The van der Waals surface area contributed by atoms with Gasteiger partial charge in [-0.3, -0.25) is 4.79 Å². The van der Waals surface area contributed by atoms with Gasteiger partial charge in [0.05, 0.1) is 23.9 Å². The van der Waals surface area contributed by atoms with Gasteiger partial charge >= 0.3 is 5.97 Å². The molecule has 0 bridgehead atoms. The minimum atomic E-state index is -0.816. The van der Waals surface area contributed by atoms with Crippen LogP contribution in [0.2, 0.25) is 0 Å². The monoisotopic (exact) mass is 328 g/mol. The van der Waals surface area contributed by atoms with E-state index in [1.165, 1.54) is 0 Å². The number of rotatable bonds is 1. The maximum absolute atomic E-state index is 12.2. The highest BCUT2D eigenvalue weighted by atomic mass is 16.6. The highest BCUT2D eigenvalue weighted by Crippen LogP contribution is 2.25. The Morgan fingerprint density at radius 1 is 1.17 bits per heavy atom. The van der Waals surface area contributed by atoms with Gasteiger partial charge in [-0.1, -0.05) is 13.8 Å². The van der Waals surface area contributed by atoms with Crippen LogP contribution in [-0.4, -0.2) is 39.6 Å². The lowest BCUT2D eigenvalue weighted by Gasteiger charge is -2.28. The van der Waals surface area contributed by atoms with E-state index in [9.17, 15) is 20.1 Å². The summed E-state index contributed by atoms with van der Waals surface area (Å²) in [6.07, 6.45) is 1.42. The average Bonchev–Trinajstić information content (AvgIpc) is 2.54. The number of ether oxygens (including phenoxy) is 1. The van der Waals surface area contributed by atoms with Crippen LogP contribution in [0.1, 0.15) is 66.2 Å². The third-order valence-corrected chi connectivity index (χ3v) is 4.95. The highest BCUT2D eigenvalue weighted by molar-refractivity contribution is 5.73. The summed E-state index contributed by atoms with van der Waals surface area (Å²) in [7, 11) is 0. The molecule has 5 atom stereocenters. The summed E-state index contributed by atoms with van der Waals surface area (Å²) in [5.74, 6) is -0.799. The summed E-state index contributed by atoms with van der Waals surface area (Å²) in [5.41, 5.74) is 0.925. The smallest absolute Gasteiger partial charge is 0.311 e. The van der Waals surface area contributed by atoms with E-state index in [-0.39, 0.29) is 5.92 Å². The number of carbonyl (C=O) groups excluding carboxylic acids is 1. The fourth-order valence-corrected chi connectivity index (χ4v) is 3.01. The molecule has 0 amide bonds. The summed E-state index contributed by atoms with van der Waals surface area (Å²) in [4.78, 5) is 12.2. The molecule has 0 aliphatic carbocycles. The van der Waals surface area contributed by atoms with Crippen molar-refractivity contribution in [2.45, 2.75) is 84.5 Å². The standard InChI is InChI=1S/C18H32O5/c1-5-16-15(20)10-9-14(19)11(2)7-6-8-12(3)17(21)13(4)18(22)23-16/h12-13,15-17,19-21H,5-10H2,1-4H3/b14-11+. The molecule has 5 nitrogen and oxygen atoms in total. The van der Waals surface area contributed by atoms with Gasteiger partial charge in [-0.2, -0.15) is 0 Å². The Labute approximate surface area is 139 Å². The molecule has 0 aromatic heterocycles. The molecule has 0 saturated heterocycles. The average molecular weight is 328 g/mol. The molecular weight excluding hydrogens is 296 g/mol. The van der Waals surface area contributed by atoms with Crippen molar-refractivity contribution >= 4 is 5.97 Å². The van der Waals surface area contributed by atoms with Crippen molar-refractivity contribution in [2.24, 2.45) is 11.8 Å². The van der Waals surface area contributed by atoms with Crippen LogP contribution < -0.4 is 0 Å². The Morgan fingerprint density at radius 2 is 1.83 bits per heavy atom. The number of aliphatic hydroxyl groups is 3. The molecule has 0 fully saturated rings. The Balaban J connectivity index is 2.94. The van der Waals surface area contributed by atoms with Crippen LogP contribution >= 0.6 is 0 Å². The predicted molar refractivity (Wildman–Crippen MR) is 88.9 cm³/mol. The molecule has 1 aliphatic rings. The lowest BCUT2D eigenvalue weighted by molar-refractivity contribution is -0.165. The number of hydrogen-bond acceptors (Lipinski definition) is 5. The van der Waals surface area contributed by atoms with Gasteiger partial charge in [0.1, 0.15) is 6.10 Å². The van der Waals surface area contributed by atoms with Crippen molar-refractivity contribution in [3.8, 4) is 0 Å². The number of cyclic esters (lactones) is 1. The highest BCUT2D eigenvalue weighted by Gasteiger charge is 2.31. The van der Waals surface area contributed by atoms with E-state index < -0.39 is 30.2 Å². The van der Waals surface area contributed by atoms with Gasteiger partial charge in [0, 0.05) is 6.42 Å². The van der Waals surface area contributed by atoms with Crippen molar-refractivity contribution in [3.63, 3.8) is 0 Å². The first-order valence-electron chi connectivity index (χ1n) is 8.72. The molecule has 0 saturated carbocycles. The van der Waals surface area contributed by atoms with Crippen LogP contribution in [0.3, 0.4) is 0 Å². The Morgan fingerprint density at radius 3 is 2.43 bits per heavy atom. The molecule has 0 spiro atoms. The fourth-order valence-electron chi connectivity index (χ4n) is 3.01. The molecule has 3 N–H and O–H groups in total. The van der Waals surface area contributed by atoms with Crippen molar-refractivity contribution in [3.05, 3.63) is 11.3 Å². The van der Waals surface area contributed by atoms with E-state index in [2.05, 4.69) is 0 Å². The molecule has 1 rings (SSSR count). The van der Waals surface area contributed by atoms with Crippen LogP contribution in [-0.2, 0) is 9.53 Å². The van der Waals surface area contributed by atoms with Crippen LogP contribution in [0.5, 0.6) is 0 Å². The zero-order chi connectivity index (χ0) is 17.6. The third-order valence-electron chi connectivity index (χ3n) is 4.95. The number of carbonyl (C=O) groups is 1. The van der Waals surface area contributed by atoms with Gasteiger partial charge in [0.15, 0.2) is 0 Å². The van der Waals surface area contributed by atoms with E-state index in [1.54, 1.807) is 6.92 Å². The molecule has 1 heterocycles. The maximum Gasteiger partial charge on any atom is 0.311 e. The maximum atomic E-state index is 12.2. The first-order valence-corrected chi connectivity index (χ1v) is 8.72. The van der Waals surface area contributed by atoms with Crippen LogP contribution in [0.15, 0.2) is 11.3 Å². The molecular formula is C18H32O5. The zero-order valence-corrected chi connectivity index (χ0v) is 14.8. The lowest BCUT2D eigenvalue weighted by atomic mass is 9.88. The number of esters is 1. The summed E-state index contributed by atoms with van der Waals surface area (Å²) in [6.45, 7) is 7.33. The Hall–Kier alpha value is -1.07. The normalized spacial score (nSPS) is 38.7. The van der Waals surface area contributed by atoms with Gasteiger partial charge in [-0.25, -0.2) is 0 Å². The van der Waals surface area contributed by atoms with Crippen molar-refractivity contribution in [1.82, 2.24) is 0 Å². The number of allylic oxidation sites excluding steroid dienone is 2. The zero-order valence-electron chi connectivity index (χ0n) is 14.8. The first kappa shape index (κ1) is 20.0. The summed E-state index contributed by atoms with van der Waals surface area (Å²) >= 11 is 0. The predicted octanol–water partition coefficient (Wildman–Crippen LogP) is 3.10. The van der Waals surface area contributed by atoms with E-state index in [0.717, 1.165) is 24.8 Å². The summed E-state index contributed by atoms with van der Waals surface area (Å²) < 4.78 is 5.40. The van der Waals surface area contributed by atoms with Crippen molar-refractivity contribution < 1.29 is 24.9 Å². The first-order chi connectivity index (χ1) is 10.8. The molecule has 0 aromatic rings. The third kappa shape index (κ3) is 5.81. The van der Waals surface area contributed by atoms with E-state index in [0.29, 0.717) is 25.0 Å². The van der Waals surface area contributed by atoms with E-state index in [4.69, 9.17) is 4.74 Å². The van der Waals surface area contributed by atoms with Crippen LogP contribution in [0, 0.1) is 11.8 Å². The van der Waals surface area contributed by atoms with Crippen LogP contribution in [0.25, 0.3) is 0 Å². The van der Waals surface area contributed by atoms with Crippen molar-refractivity contribution in [2.75, 3.05) is 0 Å². The molecule has 0 aromatic carbocycles. The molecule has 0 radical (unpaired) electrons. The lowest BCUT2D eigenvalue weighted by Crippen LogP contribution is -2.38. The molecule has 134 valence electrons. The second-order valence-corrected chi connectivity index (χ2v) is 6.87. The van der Waals surface area contributed by atoms with Gasteiger partial charge in [0.2, 0.25) is 0 Å². The quantitative estimate of drug-likeness (QED) is 0.644. The minimum Gasteiger partial charge on any atom is -0.512 e. The van der Waals surface area contributed by atoms with Crippen molar-refractivity contribution in [1.29, 1.82) is 0 Å². The summed E-state index contributed by atoms with van der Waals surface area (Å²) in [5, 5.41) is 30.7. The molecule has 5 unspecified atom stereocenters. The number of hydrogen-bond donors (Lipinski definition) is 3. The van der Waals surface area contributed by atoms with Gasteiger partial charge in [0.25, 0.3) is 0 Å². The Bertz CT molecular complexity index is 418. The molecule has 1 aliphatic heterocycles. The second kappa shape index (κ2) is 9.28. The second-order valence-electron chi connectivity index (χ2n) is 6.87.